The van der Waals surface area contributed by atoms with Crippen LogP contribution in [0.5, 0.6) is 17.2 Å². The molecule has 0 spiro atoms. The van der Waals surface area contributed by atoms with Crippen LogP contribution in [0.1, 0.15) is 117 Å². The molecule has 0 unspecified atom stereocenters. The van der Waals surface area contributed by atoms with Crippen molar-refractivity contribution in [1.29, 1.82) is 0 Å². The van der Waals surface area contributed by atoms with Crippen molar-refractivity contribution in [1.82, 2.24) is 0 Å². The van der Waals surface area contributed by atoms with E-state index in [1.165, 1.54) is 33.4 Å². The Morgan fingerprint density at radius 3 is 1.85 bits per heavy atom. The Kier molecular flexibility index (Phi) is 13.3. The Labute approximate surface area is 397 Å². The molecular formula is C61H64N2O4. The zero-order valence-corrected chi connectivity index (χ0v) is 40.1. The van der Waals surface area contributed by atoms with Gasteiger partial charge in [0.1, 0.15) is 17.2 Å². The van der Waals surface area contributed by atoms with E-state index < -0.39 is 5.60 Å². The van der Waals surface area contributed by atoms with Crippen molar-refractivity contribution >= 4 is 34.1 Å². The standard InChI is InChI=1S/C61H64N2O4/c1-7-11-38-65-49-28-21-45(22-29-49)61(46-23-30-50(31-24-46)66-39-12-8-2)37-34-53-57-56(52-32-20-44(42-16-14-13-15-17-42)40-55(52)60(57,35-9-3)36-10-4)54-41-47(25-33-51(54)58(53)67-61)62-59(64)43-18-26-48(27-19-43)63(5)6/h13-34,37,40-41H,7-12,35-36,38-39H2,1-6H3,(H,62,64). The van der Waals surface area contributed by atoms with Crippen LogP contribution in [0.2, 0.25) is 0 Å². The van der Waals surface area contributed by atoms with Crippen molar-refractivity contribution in [2.24, 2.45) is 0 Å². The summed E-state index contributed by atoms with van der Waals surface area (Å²) >= 11 is 0. The number of fused-ring (bicyclic) bond motifs is 8. The van der Waals surface area contributed by atoms with Gasteiger partial charge in [-0.1, -0.05) is 126 Å². The van der Waals surface area contributed by atoms with Crippen molar-refractivity contribution < 1.29 is 19.0 Å². The number of rotatable bonds is 18. The monoisotopic (exact) mass is 888 g/mol. The molecule has 67 heavy (non-hydrogen) atoms. The molecule has 0 fully saturated rings. The first-order valence-electron chi connectivity index (χ1n) is 24.5. The van der Waals surface area contributed by atoms with Gasteiger partial charge in [-0.05, 0) is 143 Å². The first-order chi connectivity index (χ1) is 32.7. The highest BCUT2D eigenvalue weighted by Crippen LogP contribution is 2.61. The summed E-state index contributed by atoms with van der Waals surface area (Å²) in [5.41, 5.74) is 11.8. The number of ether oxygens (including phenoxy) is 3. The molecule has 0 saturated heterocycles. The average Bonchev–Trinajstić information content (AvgIpc) is 3.64. The van der Waals surface area contributed by atoms with Gasteiger partial charge >= 0.3 is 0 Å². The van der Waals surface area contributed by atoms with Gasteiger partial charge in [-0.3, -0.25) is 4.79 Å². The molecular weight excluding hydrogens is 825 g/mol. The lowest BCUT2D eigenvalue weighted by atomic mass is 9.69. The van der Waals surface area contributed by atoms with Crippen molar-refractivity contribution in [2.45, 2.75) is 90.1 Å². The molecule has 7 aromatic carbocycles. The highest BCUT2D eigenvalue weighted by atomic mass is 16.5. The van der Waals surface area contributed by atoms with Crippen LogP contribution < -0.4 is 24.4 Å². The van der Waals surface area contributed by atoms with Gasteiger partial charge in [0, 0.05) is 58.5 Å². The molecule has 1 amide bonds. The van der Waals surface area contributed by atoms with Gasteiger partial charge in [0.25, 0.3) is 5.91 Å². The van der Waals surface area contributed by atoms with Gasteiger partial charge in [0.05, 0.1) is 13.2 Å². The molecule has 0 radical (unpaired) electrons. The summed E-state index contributed by atoms with van der Waals surface area (Å²) in [6.45, 7) is 10.3. The Morgan fingerprint density at radius 1 is 0.642 bits per heavy atom. The molecule has 2 aliphatic rings. The summed E-state index contributed by atoms with van der Waals surface area (Å²) in [5.74, 6) is 2.37. The van der Waals surface area contributed by atoms with E-state index in [1.54, 1.807) is 0 Å². The fourth-order valence-corrected chi connectivity index (χ4v) is 10.5. The number of carbonyl (C=O) groups excluding carboxylic acids is 1. The number of hydrogen-bond acceptors (Lipinski definition) is 5. The molecule has 0 saturated carbocycles. The predicted octanol–water partition coefficient (Wildman–Crippen LogP) is 15.4. The van der Waals surface area contributed by atoms with Gasteiger partial charge in [-0.2, -0.15) is 0 Å². The largest absolute Gasteiger partial charge is 0.494 e. The number of benzene rings is 7. The van der Waals surface area contributed by atoms with E-state index in [9.17, 15) is 4.79 Å². The maximum atomic E-state index is 14.0. The minimum absolute atomic E-state index is 0.152. The van der Waals surface area contributed by atoms with Crippen LogP contribution in [0.25, 0.3) is 39.1 Å². The van der Waals surface area contributed by atoms with Crippen molar-refractivity contribution in [3.05, 3.63) is 179 Å². The lowest BCUT2D eigenvalue weighted by molar-refractivity contribution is 0.102. The molecule has 7 aromatic rings. The molecule has 0 bridgehead atoms. The summed E-state index contributed by atoms with van der Waals surface area (Å²) in [5, 5.41) is 5.33. The van der Waals surface area contributed by atoms with Crippen LogP contribution in [0.4, 0.5) is 11.4 Å². The molecule has 6 heteroatoms. The average molecular weight is 889 g/mol. The summed E-state index contributed by atoms with van der Waals surface area (Å²) < 4.78 is 20.1. The SMILES string of the molecule is CCCCOc1ccc(C2(c3ccc(OCCCC)cc3)C=Cc3c4c(c5cc(NC(=O)c6ccc(N(C)C)cc6)ccc5c3O2)-c2ccc(-c3ccccc3)cc2C4(CCC)CCC)cc1. The molecule has 0 aromatic heterocycles. The van der Waals surface area contributed by atoms with E-state index in [-0.39, 0.29) is 11.3 Å². The lowest BCUT2D eigenvalue weighted by Gasteiger charge is -2.40. The number of nitrogens with zero attached hydrogens (tertiary/aromatic N) is 1. The van der Waals surface area contributed by atoms with Crippen LogP contribution in [0.3, 0.4) is 0 Å². The molecule has 1 heterocycles. The number of nitrogens with one attached hydrogen (secondary N) is 1. The van der Waals surface area contributed by atoms with Crippen molar-refractivity contribution in [3.63, 3.8) is 0 Å². The molecule has 9 rings (SSSR count). The highest BCUT2D eigenvalue weighted by Gasteiger charge is 2.48. The van der Waals surface area contributed by atoms with Gasteiger partial charge in [-0.15, -0.1) is 0 Å². The quantitative estimate of drug-likeness (QED) is 0.0870. The third kappa shape index (κ3) is 8.59. The summed E-state index contributed by atoms with van der Waals surface area (Å²) in [6.07, 6.45) is 12.8. The zero-order chi connectivity index (χ0) is 46.5. The Balaban J connectivity index is 1.26. The Hall–Kier alpha value is -6.79. The third-order valence-electron chi connectivity index (χ3n) is 13.8. The van der Waals surface area contributed by atoms with Crippen LogP contribution in [0, 0.1) is 0 Å². The van der Waals surface area contributed by atoms with Crippen LogP contribution >= 0.6 is 0 Å². The normalized spacial score (nSPS) is 13.9. The van der Waals surface area contributed by atoms with Crippen LogP contribution in [0.15, 0.2) is 146 Å². The molecule has 0 atom stereocenters. The van der Waals surface area contributed by atoms with Gasteiger partial charge in [0.2, 0.25) is 0 Å². The van der Waals surface area contributed by atoms with Gasteiger partial charge in [-0.25, -0.2) is 0 Å². The first-order valence-corrected chi connectivity index (χ1v) is 24.5. The van der Waals surface area contributed by atoms with E-state index in [0.29, 0.717) is 18.8 Å². The smallest absolute Gasteiger partial charge is 0.255 e. The second kappa shape index (κ2) is 19.6. The zero-order valence-electron chi connectivity index (χ0n) is 40.1. The minimum Gasteiger partial charge on any atom is -0.494 e. The second-order valence-corrected chi connectivity index (χ2v) is 18.5. The number of amides is 1. The molecule has 342 valence electrons. The number of unbranched alkanes of at least 4 members (excludes halogenated alkanes) is 2. The van der Waals surface area contributed by atoms with E-state index in [2.05, 4.69) is 154 Å². The number of carbonyl (C=O) groups is 1. The fraction of sp³-hybridized carbons (Fsp3) is 0.295. The van der Waals surface area contributed by atoms with E-state index in [0.717, 1.165) is 107 Å². The van der Waals surface area contributed by atoms with Gasteiger partial charge in [0.15, 0.2) is 5.60 Å². The topological polar surface area (TPSA) is 60.0 Å². The first kappa shape index (κ1) is 45.4. The maximum Gasteiger partial charge on any atom is 0.255 e. The number of anilines is 2. The minimum atomic E-state index is -0.978. The maximum absolute atomic E-state index is 14.0. The summed E-state index contributed by atoms with van der Waals surface area (Å²) in [7, 11) is 4.00. The Bertz CT molecular complexity index is 2820. The molecule has 1 aliphatic carbocycles. The van der Waals surface area contributed by atoms with Gasteiger partial charge < -0.3 is 24.4 Å². The van der Waals surface area contributed by atoms with E-state index in [4.69, 9.17) is 14.2 Å². The van der Waals surface area contributed by atoms with E-state index >= 15 is 0 Å². The molecule has 1 aliphatic heterocycles. The second-order valence-electron chi connectivity index (χ2n) is 18.5. The van der Waals surface area contributed by atoms with Crippen LogP contribution in [-0.2, 0) is 11.0 Å². The summed E-state index contributed by atoms with van der Waals surface area (Å²) in [6, 6.07) is 48.8. The van der Waals surface area contributed by atoms with E-state index in [1.807, 2.05) is 49.3 Å². The van der Waals surface area contributed by atoms with Crippen molar-refractivity contribution in [3.8, 4) is 39.5 Å². The third-order valence-corrected chi connectivity index (χ3v) is 13.8. The Morgan fingerprint density at radius 2 is 1.27 bits per heavy atom. The molecule has 1 N–H and O–H groups in total. The summed E-state index contributed by atoms with van der Waals surface area (Å²) in [4.78, 5) is 16.0. The number of hydrogen-bond donors (Lipinski definition) is 1. The van der Waals surface area contributed by atoms with Crippen molar-refractivity contribution in [2.75, 3.05) is 37.5 Å². The molecule has 6 nitrogen and oxygen atoms in total. The lowest BCUT2D eigenvalue weighted by Crippen LogP contribution is -2.35. The predicted molar refractivity (Wildman–Crippen MR) is 278 cm³/mol. The fourth-order valence-electron chi connectivity index (χ4n) is 10.5. The highest BCUT2D eigenvalue weighted by molar-refractivity contribution is 6.11. The van der Waals surface area contributed by atoms with Crippen LogP contribution in [-0.4, -0.2) is 33.2 Å².